The van der Waals surface area contributed by atoms with E-state index in [1.807, 2.05) is 0 Å². The topological polar surface area (TPSA) is 58.5 Å². The SMILES string of the molecule is COc1nccnc1N1CCC[C@]2(CCC[C@H]2O)C1. The van der Waals surface area contributed by atoms with Gasteiger partial charge in [0.25, 0.3) is 5.88 Å². The van der Waals surface area contributed by atoms with Gasteiger partial charge in [-0.3, -0.25) is 0 Å². The maximum atomic E-state index is 10.3. The molecule has 0 amide bonds. The quantitative estimate of drug-likeness (QED) is 0.878. The Hall–Kier alpha value is -1.36. The number of hydrogen-bond acceptors (Lipinski definition) is 5. The summed E-state index contributed by atoms with van der Waals surface area (Å²) in [5.74, 6) is 1.38. The van der Waals surface area contributed by atoms with E-state index in [-0.39, 0.29) is 11.5 Å². The number of hydrogen-bond donors (Lipinski definition) is 1. The number of aliphatic hydroxyl groups is 1. The second-order valence-corrected chi connectivity index (χ2v) is 5.68. The molecule has 2 heterocycles. The maximum absolute atomic E-state index is 10.3. The van der Waals surface area contributed by atoms with Crippen LogP contribution >= 0.6 is 0 Å². The monoisotopic (exact) mass is 263 g/mol. The summed E-state index contributed by atoms with van der Waals surface area (Å²) in [4.78, 5) is 10.9. The molecule has 5 heteroatoms. The minimum absolute atomic E-state index is 0.0563. The molecule has 1 aromatic rings. The van der Waals surface area contributed by atoms with Crippen molar-refractivity contribution in [2.75, 3.05) is 25.1 Å². The molecular weight excluding hydrogens is 242 g/mol. The molecule has 1 spiro atoms. The van der Waals surface area contributed by atoms with Gasteiger partial charge in [0, 0.05) is 30.9 Å². The van der Waals surface area contributed by atoms with Crippen LogP contribution in [0, 0.1) is 5.41 Å². The van der Waals surface area contributed by atoms with Crippen LogP contribution in [0.5, 0.6) is 5.88 Å². The fourth-order valence-corrected chi connectivity index (χ4v) is 3.62. The molecule has 1 aliphatic carbocycles. The van der Waals surface area contributed by atoms with E-state index in [1.54, 1.807) is 19.5 Å². The molecule has 0 radical (unpaired) electrons. The van der Waals surface area contributed by atoms with Crippen LogP contribution in [0.1, 0.15) is 32.1 Å². The van der Waals surface area contributed by atoms with Crippen molar-refractivity contribution in [2.24, 2.45) is 5.41 Å². The van der Waals surface area contributed by atoms with Crippen molar-refractivity contribution in [2.45, 2.75) is 38.2 Å². The first-order valence-electron chi connectivity index (χ1n) is 7.03. The average Bonchev–Trinajstić information content (AvgIpc) is 2.79. The third-order valence-electron chi connectivity index (χ3n) is 4.61. The highest BCUT2D eigenvalue weighted by molar-refractivity contribution is 5.48. The summed E-state index contributed by atoms with van der Waals surface area (Å²) in [7, 11) is 1.62. The maximum Gasteiger partial charge on any atom is 0.257 e. The van der Waals surface area contributed by atoms with E-state index < -0.39 is 0 Å². The lowest BCUT2D eigenvalue weighted by Crippen LogP contribution is -2.47. The third kappa shape index (κ3) is 2.16. The van der Waals surface area contributed by atoms with E-state index in [2.05, 4.69) is 14.9 Å². The molecule has 1 saturated carbocycles. The number of rotatable bonds is 2. The number of nitrogens with zero attached hydrogens (tertiary/aromatic N) is 3. The van der Waals surface area contributed by atoms with Gasteiger partial charge < -0.3 is 14.7 Å². The second kappa shape index (κ2) is 4.96. The first kappa shape index (κ1) is 12.7. The van der Waals surface area contributed by atoms with Gasteiger partial charge in [-0.15, -0.1) is 0 Å². The van der Waals surface area contributed by atoms with Crippen LogP contribution in [0.3, 0.4) is 0 Å². The van der Waals surface area contributed by atoms with Crippen molar-refractivity contribution >= 4 is 5.82 Å². The van der Waals surface area contributed by atoms with Crippen molar-refractivity contribution < 1.29 is 9.84 Å². The van der Waals surface area contributed by atoms with E-state index >= 15 is 0 Å². The Morgan fingerprint density at radius 2 is 2.11 bits per heavy atom. The molecule has 3 rings (SSSR count). The zero-order valence-electron chi connectivity index (χ0n) is 11.4. The average molecular weight is 263 g/mol. The smallest absolute Gasteiger partial charge is 0.257 e. The van der Waals surface area contributed by atoms with Crippen molar-refractivity contribution in [3.63, 3.8) is 0 Å². The number of piperidine rings is 1. The summed E-state index contributed by atoms with van der Waals surface area (Å²) >= 11 is 0. The van der Waals surface area contributed by atoms with E-state index in [0.717, 1.165) is 51.0 Å². The van der Waals surface area contributed by atoms with Gasteiger partial charge >= 0.3 is 0 Å². The van der Waals surface area contributed by atoms with Gasteiger partial charge in [0.1, 0.15) is 0 Å². The van der Waals surface area contributed by atoms with Gasteiger partial charge in [0.05, 0.1) is 13.2 Å². The molecule has 2 aliphatic rings. The summed E-state index contributed by atoms with van der Waals surface area (Å²) in [5, 5.41) is 10.3. The molecule has 1 N–H and O–H groups in total. The number of anilines is 1. The van der Waals surface area contributed by atoms with Gasteiger partial charge in [-0.25, -0.2) is 9.97 Å². The molecule has 2 atom stereocenters. The predicted molar refractivity (Wildman–Crippen MR) is 72.3 cm³/mol. The van der Waals surface area contributed by atoms with E-state index in [9.17, 15) is 5.11 Å². The standard InChI is InChI=1S/C14H21N3O2/c1-19-13-12(15-7-8-16-13)17-9-3-6-14(10-17)5-2-4-11(14)18/h7-8,11,18H,2-6,9-10H2,1H3/t11-,14-/m1/s1. The van der Waals surface area contributed by atoms with Crippen LogP contribution in [-0.4, -0.2) is 41.4 Å². The molecule has 0 unspecified atom stereocenters. The lowest BCUT2D eigenvalue weighted by molar-refractivity contribution is 0.0406. The lowest BCUT2D eigenvalue weighted by Gasteiger charge is -2.43. The predicted octanol–water partition coefficient (Wildman–Crippen LogP) is 1.62. The largest absolute Gasteiger partial charge is 0.478 e. The number of aliphatic hydroxyl groups excluding tert-OH is 1. The van der Waals surface area contributed by atoms with Crippen molar-refractivity contribution in [1.29, 1.82) is 0 Å². The first-order valence-corrected chi connectivity index (χ1v) is 7.03. The minimum Gasteiger partial charge on any atom is -0.478 e. The Labute approximate surface area is 113 Å². The Morgan fingerprint density at radius 1 is 1.32 bits per heavy atom. The summed E-state index contributed by atoms with van der Waals surface area (Å²) in [6.07, 6.45) is 8.57. The molecule has 0 aromatic carbocycles. The molecule has 19 heavy (non-hydrogen) atoms. The summed E-state index contributed by atoms with van der Waals surface area (Å²) in [5.41, 5.74) is 0.0563. The van der Waals surface area contributed by atoms with Gasteiger partial charge in [0.2, 0.25) is 0 Å². The van der Waals surface area contributed by atoms with Gasteiger partial charge in [-0.1, -0.05) is 6.42 Å². The Kier molecular flexibility index (Phi) is 3.31. The van der Waals surface area contributed by atoms with Gasteiger partial charge in [-0.05, 0) is 25.7 Å². The molecule has 2 fully saturated rings. The fourth-order valence-electron chi connectivity index (χ4n) is 3.62. The fraction of sp³-hybridized carbons (Fsp3) is 0.714. The van der Waals surface area contributed by atoms with Gasteiger partial charge in [0.15, 0.2) is 5.82 Å². The van der Waals surface area contributed by atoms with E-state index in [1.165, 1.54) is 0 Å². The zero-order valence-corrected chi connectivity index (χ0v) is 11.4. The van der Waals surface area contributed by atoms with Crippen molar-refractivity contribution in [1.82, 2.24) is 9.97 Å². The molecule has 1 aromatic heterocycles. The lowest BCUT2D eigenvalue weighted by atomic mass is 9.77. The molecule has 1 saturated heterocycles. The van der Waals surface area contributed by atoms with Crippen LogP contribution in [-0.2, 0) is 0 Å². The number of ether oxygens (including phenoxy) is 1. The Morgan fingerprint density at radius 3 is 2.84 bits per heavy atom. The molecular formula is C14H21N3O2. The van der Waals surface area contributed by atoms with Crippen LogP contribution in [0.15, 0.2) is 12.4 Å². The van der Waals surface area contributed by atoms with Crippen LogP contribution < -0.4 is 9.64 Å². The second-order valence-electron chi connectivity index (χ2n) is 5.68. The van der Waals surface area contributed by atoms with Crippen LogP contribution in [0.2, 0.25) is 0 Å². The number of methoxy groups -OCH3 is 1. The van der Waals surface area contributed by atoms with E-state index in [4.69, 9.17) is 4.74 Å². The summed E-state index contributed by atoms with van der Waals surface area (Å²) in [6, 6.07) is 0. The number of aromatic nitrogens is 2. The Bertz CT molecular complexity index is 454. The molecule has 104 valence electrons. The zero-order chi connectivity index (χ0) is 13.3. The van der Waals surface area contributed by atoms with Crippen LogP contribution in [0.25, 0.3) is 0 Å². The first-order chi connectivity index (χ1) is 9.25. The summed E-state index contributed by atoms with van der Waals surface area (Å²) in [6.45, 7) is 1.83. The van der Waals surface area contributed by atoms with Gasteiger partial charge in [-0.2, -0.15) is 0 Å². The normalized spacial score (nSPS) is 30.8. The Balaban J connectivity index is 1.85. The summed E-state index contributed by atoms with van der Waals surface area (Å²) < 4.78 is 5.30. The van der Waals surface area contributed by atoms with Crippen molar-refractivity contribution in [3.05, 3.63) is 12.4 Å². The van der Waals surface area contributed by atoms with E-state index in [0.29, 0.717) is 5.88 Å². The highest BCUT2D eigenvalue weighted by atomic mass is 16.5. The molecule has 5 nitrogen and oxygen atoms in total. The molecule has 0 bridgehead atoms. The minimum atomic E-state index is -0.169. The highest BCUT2D eigenvalue weighted by Crippen LogP contribution is 2.46. The molecule has 1 aliphatic heterocycles. The van der Waals surface area contributed by atoms with Crippen molar-refractivity contribution in [3.8, 4) is 5.88 Å². The third-order valence-corrected chi connectivity index (χ3v) is 4.61. The van der Waals surface area contributed by atoms with Crippen LogP contribution in [0.4, 0.5) is 5.82 Å². The highest BCUT2D eigenvalue weighted by Gasteiger charge is 2.45.